The molecular formula is C19H17NOS. The van der Waals surface area contributed by atoms with Crippen LogP contribution in [-0.4, -0.2) is 17.4 Å². The van der Waals surface area contributed by atoms with Crippen LogP contribution in [0, 0.1) is 0 Å². The van der Waals surface area contributed by atoms with Crippen LogP contribution in [0.4, 0.5) is 0 Å². The normalized spacial score (nSPS) is 18.0. The van der Waals surface area contributed by atoms with Gasteiger partial charge in [-0.25, -0.2) is 0 Å². The third-order valence-corrected chi connectivity index (χ3v) is 5.36. The Labute approximate surface area is 134 Å². The molecule has 0 radical (unpaired) electrons. The van der Waals surface area contributed by atoms with Crippen molar-refractivity contribution in [3.8, 4) is 0 Å². The SMILES string of the molecule is O=C(c1ccc2ccccc2c1)N1CCCC1c1cccs1. The van der Waals surface area contributed by atoms with Crippen LogP contribution in [-0.2, 0) is 0 Å². The molecule has 1 unspecified atom stereocenters. The molecule has 0 spiro atoms. The number of carbonyl (C=O) groups is 1. The second kappa shape index (κ2) is 5.58. The summed E-state index contributed by atoms with van der Waals surface area (Å²) in [4.78, 5) is 16.3. The lowest BCUT2D eigenvalue weighted by Gasteiger charge is -2.24. The molecule has 1 saturated heterocycles. The molecule has 2 aromatic carbocycles. The van der Waals surface area contributed by atoms with E-state index in [0.717, 1.165) is 30.3 Å². The number of amides is 1. The van der Waals surface area contributed by atoms with E-state index in [2.05, 4.69) is 29.6 Å². The molecule has 1 amide bonds. The summed E-state index contributed by atoms with van der Waals surface area (Å²) in [5.74, 6) is 0.154. The fourth-order valence-corrected chi connectivity index (χ4v) is 4.15. The van der Waals surface area contributed by atoms with Crippen molar-refractivity contribution < 1.29 is 4.79 Å². The predicted molar refractivity (Wildman–Crippen MR) is 91.3 cm³/mol. The molecule has 1 atom stereocenters. The van der Waals surface area contributed by atoms with Crippen LogP contribution in [0.25, 0.3) is 10.8 Å². The summed E-state index contributed by atoms with van der Waals surface area (Å²) < 4.78 is 0. The van der Waals surface area contributed by atoms with Crippen molar-refractivity contribution in [1.82, 2.24) is 4.90 Å². The van der Waals surface area contributed by atoms with Crippen molar-refractivity contribution in [2.45, 2.75) is 18.9 Å². The Bertz CT molecular complexity index is 809. The first-order valence-corrected chi connectivity index (χ1v) is 8.54. The molecular weight excluding hydrogens is 290 g/mol. The molecule has 2 heterocycles. The third-order valence-electron chi connectivity index (χ3n) is 4.38. The van der Waals surface area contributed by atoms with Gasteiger partial charge in [0.2, 0.25) is 0 Å². The molecule has 2 nitrogen and oxygen atoms in total. The smallest absolute Gasteiger partial charge is 0.254 e. The van der Waals surface area contributed by atoms with Gasteiger partial charge in [-0.3, -0.25) is 4.79 Å². The van der Waals surface area contributed by atoms with Gasteiger partial charge < -0.3 is 4.90 Å². The Morgan fingerprint density at radius 3 is 2.73 bits per heavy atom. The highest BCUT2D eigenvalue weighted by Gasteiger charge is 2.31. The maximum atomic E-state index is 12.9. The monoisotopic (exact) mass is 307 g/mol. The molecule has 0 aliphatic carbocycles. The van der Waals surface area contributed by atoms with Gasteiger partial charge in [0.15, 0.2) is 0 Å². The zero-order valence-corrected chi connectivity index (χ0v) is 13.1. The molecule has 1 fully saturated rings. The lowest BCUT2D eigenvalue weighted by molar-refractivity contribution is 0.0738. The van der Waals surface area contributed by atoms with Crippen LogP contribution in [0.5, 0.6) is 0 Å². The fraction of sp³-hybridized carbons (Fsp3) is 0.211. The van der Waals surface area contributed by atoms with E-state index in [9.17, 15) is 4.79 Å². The maximum Gasteiger partial charge on any atom is 0.254 e. The number of hydrogen-bond acceptors (Lipinski definition) is 2. The topological polar surface area (TPSA) is 20.3 Å². The zero-order chi connectivity index (χ0) is 14.9. The Morgan fingerprint density at radius 2 is 1.91 bits per heavy atom. The first-order chi connectivity index (χ1) is 10.8. The highest BCUT2D eigenvalue weighted by Crippen LogP contribution is 2.35. The van der Waals surface area contributed by atoms with Gasteiger partial charge in [-0.05, 0) is 47.2 Å². The van der Waals surface area contributed by atoms with E-state index in [-0.39, 0.29) is 11.9 Å². The zero-order valence-electron chi connectivity index (χ0n) is 12.2. The first-order valence-electron chi connectivity index (χ1n) is 7.66. The molecule has 1 aromatic heterocycles. The number of fused-ring (bicyclic) bond motifs is 1. The van der Waals surface area contributed by atoms with Gasteiger partial charge in [-0.1, -0.05) is 36.4 Å². The van der Waals surface area contributed by atoms with Crippen LogP contribution in [0.3, 0.4) is 0 Å². The van der Waals surface area contributed by atoms with Gasteiger partial charge in [-0.15, -0.1) is 11.3 Å². The minimum Gasteiger partial charge on any atom is -0.331 e. The summed E-state index contributed by atoms with van der Waals surface area (Å²) in [6.45, 7) is 0.855. The Balaban J connectivity index is 1.67. The van der Waals surface area contributed by atoms with Crippen molar-refractivity contribution >= 4 is 28.0 Å². The maximum absolute atomic E-state index is 12.9. The highest BCUT2D eigenvalue weighted by atomic mass is 32.1. The minimum atomic E-state index is 0.154. The van der Waals surface area contributed by atoms with Crippen molar-refractivity contribution in [3.63, 3.8) is 0 Å². The van der Waals surface area contributed by atoms with Crippen LogP contribution < -0.4 is 0 Å². The van der Waals surface area contributed by atoms with E-state index in [0.29, 0.717) is 0 Å². The van der Waals surface area contributed by atoms with E-state index >= 15 is 0 Å². The van der Waals surface area contributed by atoms with Crippen LogP contribution >= 0.6 is 11.3 Å². The molecule has 0 N–H and O–H groups in total. The fourth-order valence-electron chi connectivity index (χ4n) is 3.27. The van der Waals surface area contributed by atoms with Crippen LogP contribution in [0.2, 0.25) is 0 Å². The number of benzene rings is 2. The van der Waals surface area contributed by atoms with E-state index in [1.54, 1.807) is 11.3 Å². The number of carbonyl (C=O) groups excluding carboxylic acids is 1. The molecule has 0 bridgehead atoms. The van der Waals surface area contributed by atoms with Gasteiger partial charge in [0.05, 0.1) is 6.04 Å². The second-order valence-electron chi connectivity index (χ2n) is 5.73. The first kappa shape index (κ1) is 13.5. The van der Waals surface area contributed by atoms with Crippen molar-refractivity contribution in [2.75, 3.05) is 6.54 Å². The van der Waals surface area contributed by atoms with Crippen molar-refractivity contribution in [1.29, 1.82) is 0 Å². The van der Waals surface area contributed by atoms with Gasteiger partial charge in [0.1, 0.15) is 0 Å². The van der Waals surface area contributed by atoms with E-state index in [4.69, 9.17) is 0 Å². The number of hydrogen-bond donors (Lipinski definition) is 0. The lowest BCUT2D eigenvalue weighted by atomic mass is 10.1. The molecule has 3 aromatic rings. The molecule has 110 valence electrons. The van der Waals surface area contributed by atoms with Crippen molar-refractivity contribution in [3.05, 3.63) is 70.4 Å². The Kier molecular flexibility index (Phi) is 3.43. The summed E-state index contributed by atoms with van der Waals surface area (Å²) in [6, 6.07) is 18.6. The standard InChI is InChI=1S/C19H17NOS/c21-19(16-10-9-14-5-1-2-6-15(14)13-16)20-11-3-7-17(20)18-8-4-12-22-18/h1-2,4-6,8-10,12-13,17H,3,7,11H2. The molecule has 1 aliphatic rings. The largest absolute Gasteiger partial charge is 0.331 e. The summed E-state index contributed by atoms with van der Waals surface area (Å²) in [7, 11) is 0. The van der Waals surface area contributed by atoms with Gasteiger partial charge in [0, 0.05) is 17.0 Å². The van der Waals surface area contributed by atoms with E-state index in [1.807, 2.05) is 35.2 Å². The highest BCUT2D eigenvalue weighted by molar-refractivity contribution is 7.10. The molecule has 1 aliphatic heterocycles. The van der Waals surface area contributed by atoms with Gasteiger partial charge in [0.25, 0.3) is 5.91 Å². The Hall–Kier alpha value is -2.13. The summed E-state index contributed by atoms with van der Waals surface area (Å²) >= 11 is 1.75. The summed E-state index contributed by atoms with van der Waals surface area (Å²) in [6.07, 6.45) is 2.15. The Morgan fingerprint density at radius 1 is 1.05 bits per heavy atom. The number of rotatable bonds is 2. The average Bonchev–Trinajstić information content (AvgIpc) is 3.24. The summed E-state index contributed by atoms with van der Waals surface area (Å²) in [5.41, 5.74) is 0.794. The van der Waals surface area contributed by atoms with E-state index in [1.165, 1.54) is 10.3 Å². The lowest BCUT2D eigenvalue weighted by Crippen LogP contribution is -2.30. The van der Waals surface area contributed by atoms with Crippen molar-refractivity contribution in [2.24, 2.45) is 0 Å². The quantitative estimate of drug-likeness (QED) is 0.661. The van der Waals surface area contributed by atoms with Gasteiger partial charge in [-0.2, -0.15) is 0 Å². The van der Waals surface area contributed by atoms with E-state index < -0.39 is 0 Å². The number of nitrogens with zero attached hydrogens (tertiary/aromatic N) is 1. The number of thiophene rings is 1. The van der Waals surface area contributed by atoms with Gasteiger partial charge >= 0.3 is 0 Å². The van der Waals surface area contributed by atoms with Crippen LogP contribution in [0.15, 0.2) is 60.0 Å². The molecule has 4 rings (SSSR count). The second-order valence-corrected chi connectivity index (χ2v) is 6.71. The third kappa shape index (κ3) is 2.32. The predicted octanol–water partition coefficient (Wildman–Crippen LogP) is 4.88. The minimum absolute atomic E-state index is 0.154. The molecule has 3 heteroatoms. The molecule has 22 heavy (non-hydrogen) atoms. The molecule has 0 saturated carbocycles. The summed E-state index contributed by atoms with van der Waals surface area (Å²) in [5, 5.41) is 4.39. The van der Waals surface area contributed by atoms with Crippen LogP contribution in [0.1, 0.15) is 34.1 Å². The number of likely N-dealkylation sites (tertiary alicyclic amines) is 1. The average molecular weight is 307 g/mol.